The standard InChI is InChI=1S/C19H27NO3/c1-23-18-11-16(9-10-17(18)21)19(22)20(13-15-7-8-15)12-14-5-3-2-4-6-14/h2-6,15-18,21H,7-13H2,1H3/t16-,17+,18-/m1/s1. The van der Waals surface area contributed by atoms with E-state index in [1.54, 1.807) is 7.11 Å². The van der Waals surface area contributed by atoms with E-state index in [9.17, 15) is 9.90 Å². The highest BCUT2D eigenvalue weighted by Gasteiger charge is 2.36. The van der Waals surface area contributed by atoms with Gasteiger partial charge in [-0.25, -0.2) is 0 Å². The maximum Gasteiger partial charge on any atom is 0.226 e. The highest BCUT2D eigenvalue weighted by atomic mass is 16.5. The molecule has 0 heterocycles. The molecule has 4 nitrogen and oxygen atoms in total. The molecule has 23 heavy (non-hydrogen) atoms. The van der Waals surface area contributed by atoms with Crippen LogP contribution in [0.1, 0.15) is 37.7 Å². The van der Waals surface area contributed by atoms with Crippen molar-refractivity contribution in [2.75, 3.05) is 13.7 Å². The van der Waals surface area contributed by atoms with Gasteiger partial charge in [-0.3, -0.25) is 4.79 Å². The second-order valence-electron chi connectivity index (χ2n) is 7.00. The zero-order valence-corrected chi connectivity index (χ0v) is 13.9. The number of carbonyl (C=O) groups excluding carboxylic acids is 1. The van der Waals surface area contributed by atoms with E-state index in [0.717, 1.165) is 13.0 Å². The first kappa shape index (κ1) is 16.5. The molecular formula is C19H27NO3. The van der Waals surface area contributed by atoms with Gasteiger partial charge in [0.2, 0.25) is 5.91 Å². The van der Waals surface area contributed by atoms with Gasteiger partial charge in [-0.1, -0.05) is 30.3 Å². The first-order valence-corrected chi connectivity index (χ1v) is 8.71. The zero-order chi connectivity index (χ0) is 16.2. The van der Waals surface area contributed by atoms with Crippen molar-refractivity contribution < 1.29 is 14.6 Å². The molecule has 3 atom stereocenters. The van der Waals surface area contributed by atoms with Crippen molar-refractivity contribution in [2.24, 2.45) is 11.8 Å². The first-order valence-electron chi connectivity index (χ1n) is 8.71. The third-order valence-electron chi connectivity index (χ3n) is 5.11. The summed E-state index contributed by atoms with van der Waals surface area (Å²) >= 11 is 0. The normalized spacial score (nSPS) is 27.7. The number of aliphatic hydroxyl groups is 1. The molecule has 126 valence electrons. The summed E-state index contributed by atoms with van der Waals surface area (Å²) in [6, 6.07) is 10.2. The number of aliphatic hydroxyl groups excluding tert-OH is 1. The number of ether oxygens (including phenoxy) is 1. The fourth-order valence-electron chi connectivity index (χ4n) is 3.50. The van der Waals surface area contributed by atoms with Gasteiger partial charge < -0.3 is 14.7 Å². The van der Waals surface area contributed by atoms with Gasteiger partial charge in [0.25, 0.3) is 0 Å². The Morgan fingerprint density at radius 2 is 1.96 bits per heavy atom. The van der Waals surface area contributed by atoms with Crippen LogP contribution in [0.25, 0.3) is 0 Å². The highest BCUT2D eigenvalue weighted by molar-refractivity contribution is 5.79. The number of nitrogens with zero attached hydrogens (tertiary/aromatic N) is 1. The summed E-state index contributed by atoms with van der Waals surface area (Å²) in [6.45, 7) is 1.55. The average molecular weight is 317 g/mol. The largest absolute Gasteiger partial charge is 0.390 e. The fourth-order valence-corrected chi connectivity index (χ4v) is 3.50. The Hall–Kier alpha value is -1.39. The third kappa shape index (κ3) is 4.33. The van der Waals surface area contributed by atoms with Gasteiger partial charge in [-0.2, -0.15) is 0 Å². The van der Waals surface area contributed by atoms with E-state index in [2.05, 4.69) is 12.1 Å². The van der Waals surface area contributed by atoms with Crippen LogP contribution >= 0.6 is 0 Å². The molecule has 2 saturated carbocycles. The Morgan fingerprint density at radius 3 is 2.61 bits per heavy atom. The van der Waals surface area contributed by atoms with Crippen LogP contribution in [-0.2, 0) is 16.1 Å². The van der Waals surface area contributed by atoms with Crippen LogP contribution in [0.2, 0.25) is 0 Å². The molecule has 2 aliphatic rings. The molecule has 1 aromatic rings. The van der Waals surface area contributed by atoms with Gasteiger partial charge in [0.1, 0.15) is 0 Å². The molecule has 2 aliphatic carbocycles. The molecule has 0 unspecified atom stereocenters. The lowest BCUT2D eigenvalue weighted by molar-refractivity contribution is -0.141. The summed E-state index contributed by atoms with van der Waals surface area (Å²) in [6.07, 6.45) is 3.87. The van der Waals surface area contributed by atoms with E-state index >= 15 is 0 Å². The summed E-state index contributed by atoms with van der Waals surface area (Å²) < 4.78 is 5.35. The smallest absolute Gasteiger partial charge is 0.226 e. The monoisotopic (exact) mass is 317 g/mol. The maximum atomic E-state index is 13.0. The summed E-state index contributed by atoms with van der Waals surface area (Å²) in [7, 11) is 1.62. The van der Waals surface area contributed by atoms with Crippen LogP contribution in [0.4, 0.5) is 0 Å². The van der Waals surface area contributed by atoms with Crippen molar-refractivity contribution in [3.05, 3.63) is 35.9 Å². The molecule has 0 radical (unpaired) electrons. The van der Waals surface area contributed by atoms with Crippen LogP contribution in [0, 0.1) is 11.8 Å². The lowest BCUT2D eigenvalue weighted by Crippen LogP contribution is -2.43. The number of carbonyl (C=O) groups is 1. The molecule has 0 spiro atoms. The molecule has 1 amide bonds. The molecule has 0 aromatic heterocycles. The number of rotatable bonds is 6. The second-order valence-corrected chi connectivity index (χ2v) is 7.00. The van der Waals surface area contributed by atoms with Crippen molar-refractivity contribution in [3.63, 3.8) is 0 Å². The Balaban J connectivity index is 1.67. The summed E-state index contributed by atoms with van der Waals surface area (Å²) in [5.41, 5.74) is 1.18. The van der Waals surface area contributed by atoms with Crippen LogP contribution in [0.15, 0.2) is 30.3 Å². The zero-order valence-electron chi connectivity index (χ0n) is 13.9. The molecule has 4 heteroatoms. The Morgan fingerprint density at radius 1 is 1.22 bits per heavy atom. The molecule has 3 rings (SSSR count). The van der Waals surface area contributed by atoms with Crippen LogP contribution in [-0.4, -0.2) is 41.8 Å². The van der Waals surface area contributed by atoms with Gasteiger partial charge >= 0.3 is 0 Å². The highest BCUT2D eigenvalue weighted by Crippen LogP contribution is 2.33. The van der Waals surface area contributed by atoms with Crippen molar-refractivity contribution in [2.45, 2.75) is 50.9 Å². The van der Waals surface area contributed by atoms with Crippen LogP contribution in [0.3, 0.4) is 0 Å². The lowest BCUT2D eigenvalue weighted by Gasteiger charge is -2.35. The van der Waals surface area contributed by atoms with E-state index in [0.29, 0.717) is 25.3 Å². The number of hydrogen-bond acceptors (Lipinski definition) is 3. The molecule has 0 bridgehead atoms. The van der Waals surface area contributed by atoms with Gasteiger partial charge in [-0.05, 0) is 43.6 Å². The number of methoxy groups -OCH3 is 1. The Bertz CT molecular complexity index is 515. The van der Waals surface area contributed by atoms with Crippen molar-refractivity contribution in [1.29, 1.82) is 0 Å². The minimum absolute atomic E-state index is 0.0224. The quantitative estimate of drug-likeness (QED) is 0.877. The molecular weight excluding hydrogens is 290 g/mol. The molecule has 1 N–H and O–H groups in total. The Labute approximate surface area is 138 Å². The summed E-state index contributed by atoms with van der Waals surface area (Å²) in [5, 5.41) is 9.95. The Kier molecular flexibility index (Phi) is 5.34. The molecule has 0 aliphatic heterocycles. The molecule has 2 fully saturated rings. The fraction of sp³-hybridized carbons (Fsp3) is 0.632. The minimum atomic E-state index is -0.435. The van der Waals surface area contributed by atoms with E-state index in [1.165, 1.54) is 18.4 Å². The number of hydrogen-bond donors (Lipinski definition) is 1. The van der Waals surface area contributed by atoms with Crippen LogP contribution in [0.5, 0.6) is 0 Å². The lowest BCUT2D eigenvalue weighted by atomic mass is 9.84. The molecule has 0 saturated heterocycles. The van der Waals surface area contributed by atoms with E-state index in [-0.39, 0.29) is 17.9 Å². The average Bonchev–Trinajstić information content (AvgIpc) is 3.39. The predicted molar refractivity (Wildman–Crippen MR) is 88.7 cm³/mol. The van der Waals surface area contributed by atoms with Crippen molar-refractivity contribution >= 4 is 5.91 Å². The van der Waals surface area contributed by atoms with Crippen molar-refractivity contribution in [1.82, 2.24) is 4.90 Å². The van der Waals surface area contributed by atoms with Gasteiger partial charge in [0.15, 0.2) is 0 Å². The van der Waals surface area contributed by atoms with Gasteiger partial charge in [-0.15, -0.1) is 0 Å². The second kappa shape index (κ2) is 7.45. The number of benzene rings is 1. The summed E-state index contributed by atoms with van der Waals surface area (Å²) in [4.78, 5) is 15.1. The van der Waals surface area contributed by atoms with Gasteiger partial charge in [0.05, 0.1) is 12.2 Å². The molecule has 1 aromatic carbocycles. The third-order valence-corrected chi connectivity index (χ3v) is 5.11. The minimum Gasteiger partial charge on any atom is -0.390 e. The van der Waals surface area contributed by atoms with Crippen molar-refractivity contribution in [3.8, 4) is 0 Å². The predicted octanol–water partition coefficient (Wildman–Crippen LogP) is 2.60. The van der Waals surface area contributed by atoms with Crippen LogP contribution < -0.4 is 0 Å². The first-order chi connectivity index (χ1) is 11.2. The SMILES string of the molecule is CO[C@@H]1C[C@H](C(=O)N(Cc2ccccc2)CC2CC2)CC[C@@H]1O. The van der Waals surface area contributed by atoms with E-state index < -0.39 is 6.10 Å². The number of amides is 1. The van der Waals surface area contributed by atoms with E-state index in [1.807, 2.05) is 23.1 Å². The van der Waals surface area contributed by atoms with E-state index in [4.69, 9.17) is 4.74 Å². The van der Waals surface area contributed by atoms with Gasteiger partial charge in [0, 0.05) is 26.1 Å². The maximum absolute atomic E-state index is 13.0. The summed E-state index contributed by atoms with van der Waals surface area (Å²) in [5.74, 6) is 0.885. The topological polar surface area (TPSA) is 49.8 Å².